The van der Waals surface area contributed by atoms with Crippen LogP contribution in [0.25, 0.3) is 0 Å². The van der Waals surface area contributed by atoms with Gasteiger partial charge in [-0.15, -0.1) is 0 Å². The van der Waals surface area contributed by atoms with Crippen molar-refractivity contribution in [3.8, 4) is 0 Å². The maximum absolute atomic E-state index is 8.72. The Balaban J connectivity index is 3.20. The first kappa shape index (κ1) is 10.8. The van der Waals surface area contributed by atoms with Crippen molar-refractivity contribution in [3.63, 3.8) is 0 Å². The van der Waals surface area contributed by atoms with Crippen LogP contribution in [0.5, 0.6) is 0 Å². The summed E-state index contributed by atoms with van der Waals surface area (Å²) in [4.78, 5) is 0. The molecule has 4 heteroatoms. The standard InChI is InChI=1S/C7H17NO3/c9-4-1-3-8-7(6-11)2-5-10/h7-11H,1-6H2. The first-order chi connectivity index (χ1) is 5.35. The van der Waals surface area contributed by atoms with Gasteiger partial charge in [-0.05, 0) is 19.4 Å². The van der Waals surface area contributed by atoms with Gasteiger partial charge in [0.25, 0.3) is 0 Å². The van der Waals surface area contributed by atoms with E-state index in [0.717, 1.165) is 0 Å². The van der Waals surface area contributed by atoms with Gasteiger partial charge in [0.1, 0.15) is 0 Å². The fourth-order valence-electron chi connectivity index (χ4n) is 0.799. The Morgan fingerprint density at radius 2 is 1.82 bits per heavy atom. The van der Waals surface area contributed by atoms with Gasteiger partial charge in [-0.1, -0.05) is 0 Å². The maximum atomic E-state index is 8.72. The van der Waals surface area contributed by atoms with Crippen LogP contribution in [-0.4, -0.2) is 47.7 Å². The molecule has 4 nitrogen and oxygen atoms in total. The van der Waals surface area contributed by atoms with Crippen LogP contribution in [0.4, 0.5) is 0 Å². The van der Waals surface area contributed by atoms with Gasteiger partial charge < -0.3 is 20.6 Å². The molecule has 0 heterocycles. The van der Waals surface area contributed by atoms with E-state index in [2.05, 4.69) is 5.32 Å². The Bertz CT molecular complexity index is 80.1. The molecule has 0 rings (SSSR count). The van der Waals surface area contributed by atoms with E-state index in [0.29, 0.717) is 19.4 Å². The second-order valence-electron chi connectivity index (χ2n) is 2.42. The van der Waals surface area contributed by atoms with Gasteiger partial charge in [-0.3, -0.25) is 0 Å². The molecule has 0 aromatic carbocycles. The quantitative estimate of drug-likeness (QED) is 0.352. The van der Waals surface area contributed by atoms with Crippen LogP contribution in [0.3, 0.4) is 0 Å². The van der Waals surface area contributed by atoms with Crippen molar-refractivity contribution in [2.24, 2.45) is 0 Å². The number of aliphatic hydroxyl groups excluding tert-OH is 3. The molecule has 0 fully saturated rings. The molecule has 11 heavy (non-hydrogen) atoms. The number of hydrogen-bond acceptors (Lipinski definition) is 4. The minimum atomic E-state index is -0.0356. The molecule has 0 aliphatic rings. The average molecular weight is 163 g/mol. The third-order valence-electron chi connectivity index (χ3n) is 1.47. The molecule has 0 spiro atoms. The molecule has 4 N–H and O–H groups in total. The van der Waals surface area contributed by atoms with Gasteiger partial charge in [-0.25, -0.2) is 0 Å². The van der Waals surface area contributed by atoms with Crippen molar-refractivity contribution in [1.29, 1.82) is 0 Å². The molecule has 1 atom stereocenters. The highest BCUT2D eigenvalue weighted by molar-refractivity contribution is 4.63. The fourth-order valence-corrected chi connectivity index (χ4v) is 0.799. The van der Waals surface area contributed by atoms with Gasteiger partial charge in [0.15, 0.2) is 0 Å². The lowest BCUT2D eigenvalue weighted by Crippen LogP contribution is -2.34. The van der Waals surface area contributed by atoms with Gasteiger partial charge in [0.05, 0.1) is 6.61 Å². The minimum Gasteiger partial charge on any atom is -0.396 e. The summed E-state index contributed by atoms with van der Waals surface area (Å²) in [7, 11) is 0. The van der Waals surface area contributed by atoms with Crippen molar-refractivity contribution >= 4 is 0 Å². The summed E-state index contributed by atoms with van der Waals surface area (Å²) >= 11 is 0. The lowest BCUT2D eigenvalue weighted by atomic mass is 10.2. The van der Waals surface area contributed by atoms with E-state index in [1.165, 1.54) is 0 Å². The molecular formula is C7H17NO3. The SMILES string of the molecule is OCCCNC(CO)CCO. The number of nitrogens with one attached hydrogen (secondary N) is 1. The molecule has 0 saturated carbocycles. The Kier molecular flexibility index (Phi) is 7.83. The van der Waals surface area contributed by atoms with Crippen molar-refractivity contribution in [3.05, 3.63) is 0 Å². The van der Waals surface area contributed by atoms with Crippen LogP contribution in [0.15, 0.2) is 0 Å². The topological polar surface area (TPSA) is 72.7 Å². The zero-order chi connectivity index (χ0) is 8.53. The maximum Gasteiger partial charge on any atom is 0.0585 e. The minimum absolute atomic E-state index is 0.0337. The summed E-state index contributed by atoms with van der Waals surface area (Å²) in [6.45, 7) is 0.954. The van der Waals surface area contributed by atoms with E-state index in [1.54, 1.807) is 0 Å². The Morgan fingerprint density at radius 3 is 2.27 bits per heavy atom. The monoisotopic (exact) mass is 163 g/mol. The lowest BCUT2D eigenvalue weighted by Gasteiger charge is -2.13. The van der Waals surface area contributed by atoms with Crippen LogP contribution >= 0.6 is 0 Å². The van der Waals surface area contributed by atoms with Crippen LogP contribution in [0.2, 0.25) is 0 Å². The molecule has 68 valence electrons. The fraction of sp³-hybridized carbons (Fsp3) is 1.00. The summed E-state index contributed by atoms with van der Waals surface area (Å²) in [6.07, 6.45) is 1.24. The molecule has 0 radical (unpaired) electrons. The first-order valence-electron chi connectivity index (χ1n) is 3.91. The normalized spacial score (nSPS) is 13.4. The van der Waals surface area contributed by atoms with Gasteiger partial charge in [-0.2, -0.15) is 0 Å². The number of rotatable bonds is 7. The van der Waals surface area contributed by atoms with E-state index < -0.39 is 0 Å². The second-order valence-corrected chi connectivity index (χ2v) is 2.42. The van der Waals surface area contributed by atoms with Crippen molar-refractivity contribution in [2.45, 2.75) is 18.9 Å². The van der Waals surface area contributed by atoms with Gasteiger partial charge >= 0.3 is 0 Å². The van der Waals surface area contributed by atoms with Crippen LogP contribution in [0.1, 0.15) is 12.8 Å². The summed E-state index contributed by atoms with van der Waals surface area (Å²) in [5.74, 6) is 0. The van der Waals surface area contributed by atoms with Crippen molar-refractivity contribution < 1.29 is 15.3 Å². The molecule has 0 saturated heterocycles. The summed E-state index contributed by atoms with van der Waals surface area (Å²) < 4.78 is 0. The van der Waals surface area contributed by atoms with Gasteiger partial charge in [0, 0.05) is 19.3 Å². The van der Waals surface area contributed by atoms with E-state index in [4.69, 9.17) is 15.3 Å². The Hall–Kier alpha value is -0.160. The number of hydrogen-bond donors (Lipinski definition) is 4. The predicted octanol–water partition coefficient (Wildman–Crippen LogP) is -1.30. The Morgan fingerprint density at radius 1 is 1.09 bits per heavy atom. The molecule has 0 bridgehead atoms. The largest absolute Gasteiger partial charge is 0.396 e. The molecule has 1 unspecified atom stereocenters. The highest BCUT2D eigenvalue weighted by Crippen LogP contribution is 1.88. The molecular weight excluding hydrogens is 146 g/mol. The zero-order valence-corrected chi connectivity index (χ0v) is 6.66. The van der Waals surface area contributed by atoms with Gasteiger partial charge in [0.2, 0.25) is 0 Å². The third-order valence-corrected chi connectivity index (χ3v) is 1.47. The second kappa shape index (κ2) is 7.94. The summed E-state index contributed by atoms with van der Waals surface area (Å²) in [6, 6.07) is -0.0356. The van der Waals surface area contributed by atoms with Crippen molar-refractivity contribution in [1.82, 2.24) is 5.32 Å². The highest BCUT2D eigenvalue weighted by atomic mass is 16.3. The summed E-state index contributed by atoms with van der Waals surface area (Å²) in [5, 5.41) is 28.7. The average Bonchev–Trinajstić information content (AvgIpc) is 2.03. The van der Waals surface area contributed by atoms with Crippen LogP contribution in [0, 0.1) is 0 Å². The Labute approximate surface area is 66.9 Å². The molecule has 0 aliphatic carbocycles. The van der Waals surface area contributed by atoms with Crippen LogP contribution < -0.4 is 5.32 Å². The molecule has 0 aromatic rings. The van der Waals surface area contributed by atoms with Crippen molar-refractivity contribution in [2.75, 3.05) is 26.4 Å². The predicted molar refractivity (Wildman–Crippen MR) is 42.3 cm³/mol. The van der Waals surface area contributed by atoms with E-state index in [-0.39, 0.29) is 25.9 Å². The molecule has 0 amide bonds. The molecule has 0 aromatic heterocycles. The van der Waals surface area contributed by atoms with Crippen LogP contribution in [-0.2, 0) is 0 Å². The summed E-state index contributed by atoms with van der Waals surface area (Å²) in [5.41, 5.74) is 0. The van der Waals surface area contributed by atoms with E-state index in [1.807, 2.05) is 0 Å². The third kappa shape index (κ3) is 6.25. The highest BCUT2D eigenvalue weighted by Gasteiger charge is 2.03. The lowest BCUT2D eigenvalue weighted by molar-refractivity contribution is 0.197. The number of aliphatic hydroxyl groups is 3. The smallest absolute Gasteiger partial charge is 0.0585 e. The van der Waals surface area contributed by atoms with E-state index in [9.17, 15) is 0 Å². The molecule has 0 aliphatic heterocycles. The first-order valence-corrected chi connectivity index (χ1v) is 3.91. The zero-order valence-electron chi connectivity index (χ0n) is 6.66. The van der Waals surface area contributed by atoms with E-state index >= 15 is 0 Å².